The number of carbonyl (C=O) groups excluding carboxylic acids is 1. The van der Waals surface area contributed by atoms with E-state index in [2.05, 4.69) is 5.32 Å². The van der Waals surface area contributed by atoms with Crippen molar-refractivity contribution >= 4 is 17.6 Å². The number of hydrogen-bond donors (Lipinski definition) is 3. The minimum Gasteiger partial charge on any atom is -0.481 e. The molecule has 21 heavy (non-hydrogen) atoms. The molecule has 0 heterocycles. The molecule has 0 aliphatic carbocycles. The van der Waals surface area contributed by atoms with Crippen LogP contribution in [-0.4, -0.2) is 23.0 Å². The second-order valence-electron chi connectivity index (χ2n) is 6.55. The standard InChI is InChI=1S/C16H24N2O3/c1-16(2,3)10-13(9-15(20)21)18-14(19)8-11-4-6-12(17)7-5-11/h4-7,13H,8-10,17H2,1-3H3,(H,18,19)(H,20,21). The zero-order valence-corrected chi connectivity index (χ0v) is 12.8. The molecule has 5 heteroatoms. The molecular formula is C16H24N2O3. The maximum absolute atomic E-state index is 12.0. The molecule has 0 fully saturated rings. The van der Waals surface area contributed by atoms with Gasteiger partial charge in [-0.3, -0.25) is 9.59 Å². The molecule has 1 aromatic rings. The number of carboxylic acid groups (broad SMARTS) is 1. The number of hydrogen-bond acceptors (Lipinski definition) is 3. The van der Waals surface area contributed by atoms with Gasteiger partial charge >= 0.3 is 5.97 Å². The van der Waals surface area contributed by atoms with E-state index in [0.29, 0.717) is 12.1 Å². The largest absolute Gasteiger partial charge is 0.481 e. The van der Waals surface area contributed by atoms with Crippen molar-refractivity contribution < 1.29 is 14.7 Å². The van der Waals surface area contributed by atoms with Crippen molar-refractivity contribution in [3.8, 4) is 0 Å². The summed E-state index contributed by atoms with van der Waals surface area (Å²) in [6.07, 6.45) is 0.776. The molecule has 1 rings (SSSR count). The number of benzene rings is 1. The number of carboxylic acids is 1. The van der Waals surface area contributed by atoms with Gasteiger partial charge in [0.2, 0.25) is 5.91 Å². The molecule has 116 valence electrons. The van der Waals surface area contributed by atoms with Gasteiger partial charge in [-0.2, -0.15) is 0 Å². The SMILES string of the molecule is CC(C)(C)CC(CC(=O)O)NC(=O)Cc1ccc(N)cc1. The molecule has 5 nitrogen and oxygen atoms in total. The van der Waals surface area contributed by atoms with E-state index in [1.165, 1.54) is 0 Å². The summed E-state index contributed by atoms with van der Waals surface area (Å²) in [7, 11) is 0. The van der Waals surface area contributed by atoms with Crippen molar-refractivity contribution in [3.05, 3.63) is 29.8 Å². The highest BCUT2D eigenvalue weighted by atomic mass is 16.4. The molecule has 1 amide bonds. The fraction of sp³-hybridized carbons (Fsp3) is 0.500. The van der Waals surface area contributed by atoms with E-state index in [0.717, 1.165) is 5.56 Å². The fourth-order valence-corrected chi connectivity index (χ4v) is 2.22. The number of rotatable bonds is 6. The third kappa shape index (κ3) is 7.34. The lowest BCUT2D eigenvalue weighted by atomic mass is 9.87. The first-order valence-electron chi connectivity index (χ1n) is 7.01. The van der Waals surface area contributed by atoms with Gasteiger partial charge in [-0.1, -0.05) is 32.9 Å². The maximum Gasteiger partial charge on any atom is 0.305 e. The zero-order valence-electron chi connectivity index (χ0n) is 12.8. The predicted octanol–water partition coefficient (Wildman–Crippen LogP) is 2.21. The monoisotopic (exact) mass is 292 g/mol. The molecule has 0 radical (unpaired) electrons. The first-order valence-corrected chi connectivity index (χ1v) is 7.01. The van der Waals surface area contributed by atoms with E-state index in [1.807, 2.05) is 20.8 Å². The Bertz CT molecular complexity index is 489. The Balaban J connectivity index is 2.62. The molecule has 0 bridgehead atoms. The van der Waals surface area contributed by atoms with Crippen LogP contribution in [-0.2, 0) is 16.0 Å². The van der Waals surface area contributed by atoms with Gasteiger partial charge in [0.1, 0.15) is 0 Å². The fourth-order valence-electron chi connectivity index (χ4n) is 2.22. The Hall–Kier alpha value is -2.04. The van der Waals surface area contributed by atoms with Crippen molar-refractivity contribution in [2.75, 3.05) is 5.73 Å². The molecular weight excluding hydrogens is 268 g/mol. The normalized spacial score (nSPS) is 12.7. The smallest absolute Gasteiger partial charge is 0.305 e. The van der Waals surface area contributed by atoms with Gasteiger partial charge in [0.25, 0.3) is 0 Å². The summed E-state index contributed by atoms with van der Waals surface area (Å²) >= 11 is 0. The third-order valence-corrected chi connectivity index (χ3v) is 2.99. The van der Waals surface area contributed by atoms with Crippen LogP contribution in [0.2, 0.25) is 0 Å². The summed E-state index contributed by atoms with van der Waals surface area (Å²) in [4.78, 5) is 22.9. The van der Waals surface area contributed by atoms with Gasteiger partial charge in [-0.25, -0.2) is 0 Å². The first-order chi connectivity index (χ1) is 9.65. The lowest BCUT2D eigenvalue weighted by Crippen LogP contribution is -2.39. The van der Waals surface area contributed by atoms with E-state index < -0.39 is 5.97 Å². The van der Waals surface area contributed by atoms with Gasteiger partial charge in [0, 0.05) is 11.7 Å². The summed E-state index contributed by atoms with van der Waals surface area (Å²) in [5.41, 5.74) is 7.05. The molecule has 0 aromatic heterocycles. The van der Waals surface area contributed by atoms with Gasteiger partial charge in [0.05, 0.1) is 12.8 Å². The number of amides is 1. The summed E-state index contributed by atoms with van der Waals surface area (Å²) in [6.45, 7) is 6.07. The highest BCUT2D eigenvalue weighted by Gasteiger charge is 2.22. The Morgan fingerprint density at radius 2 is 1.81 bits per heavy atom. The minimum absolute atomic E-state index is 0.0470. The average Bonchev–Trinajstić information content (AvgIpc) is 2.28. The molecule has 1 atom stereocenters. The zero-order chi connectivity index (χ0) is 16.0. The van der Waals surface area contributed by atoms with Crippen LogP contribution in [0.25, 0.3) is 0 Å². The number of nitrogens with one attached hydrogen (secondary N) is 1. The van der Waals surface area contributed by atoms with Gasteiger partial charge < -0.3 is 16.2 Å². The van der Waals surface area contributed by atoms with E-state index in [4.69, 9.17) is 10.8 Å². The van der Waals surface area contributed by atoms with Crippen LogP contribution in [0.1, 0.15) is 39.2 Å². The van der Waals surface area contributed by atoms with Gasteiger partial charge in [0.15, 0.2) is 0 Å². The van der Waals surface area contributed by atoms with Crippen LogP contribution >= 0.6 is 0 Å². The lowest BCUT2D eigenvalue weighted by Gasteiger charge is -2.25. The molecule has 1 unspecified atom stereocenters. The summed E-state index contributed by atoms with van der Waals surface area (Å²) in [5, 5.41) is 11.8. The van der Waals surface area contributed by atoms with Crippen molar-refractivity contribution in [3.63, 3.8) is 0 Å². The second kappa shape index (κ2) is 7.11. The van der Waals surface area contributed by atoms with E-state index in [-0.39, 0.29) is 30.2 Å². The minimum atomic E-state index is -0.906. The lowest BCUT2D eigenvalue weighted by molar-refractivity contribution is -0.137. The number of carbonyl (C=O) groups is 2. The Morgan fingerprint density at radius 1 is 1.24 bits per heavy atom. The highest BCUT2D eigenvalue weighted by Crippen LogP contribution is 2.22. The number of nitrogens with two attached hydrogens (primary N) is 1. The van der Waals surface area contributed by atoms with Crippen molar-refractivity contribution in [1.29, 1.82) is 0 Å². The molecule has 0 aliphatic heterocycles. The predicted molar refractivity (Wildman–Crippen MR) is 82.8 cm³/mol. The number of anilines is 1. The maximum atomic E-state index is 12.0. The second-order valence-corrected chi connectivity index (χ2v) is 6.55. The first kappa shape index (κ1) is 17.0. The van der Waals surface area contributed by atoms with Crippen LogP contribution in [0.3, 0.4) is 0 Å². The number of nitrogen functional groups attached to an aromatic ring is 1. The molecule has 4 N–H and O–H groups in total. The third-order valence-electron chi connectivity index (χ3n) is 2.99. The van der Waals surface area contributed by atoms with Crippen molar-refractivity contribution in [2.24, 2.45) is 5.41 Å². The summed E-state index contributed by atoms with van der Waals surface area (Å²) in [5.74, 6) is -1.08. The van der Waals surface area contributed by atoms with E-state index in [1.54, 1.807) is 24.3 Å². The molecule has 1 aromatic carbocycles. The number of aliphatic carboxylic acids is 1. The van der Waals surface area contributed by atoms with Crippen molar-refractivity contribution in [2.45, 2.75) is 46.1 Å². The Labute approximate surface area is 125 Å². The molecule has 0 saturated heterocycles. The van der Waals surface area contributed by atoms with Crippen LogP contribution in [0.5, 0.6) is 0 Å². The van der Waals surface area contributed by atoms with Gasteiger partial charge in [-0.15, -0.1) is 0 Å². The molecule has 0 spiro atoms. The van der Waals surface area contributed by atoms with E-state index in [9.17, 15) is 9.59 Å². The molecule has 0 aliphatic rings. The van der Waals surface area contributed by atoms with Gasteiger partial charge in [-0.05, 0) is 29.5 Å². The quantitative estimate of drug-likeness (QED) is 0.701. The van der Waals surface area contributed by atoms with Crippen LogP contribution in [0.4, 0.5) is 5.69 Å². The van der Waals surface area contributed by atoms with Crippen molar-refractivity contribution in [1.82, 2.24) is 5.32 Å². The molecule has 0 saturated carbocycles. The topological polar surface area (TPSA) is 92.4 Å². The van der Waals surface area contributed by atoms with Crippen LogP contribution in [0, 0.1) is 5.41 Å². The Kier molecular flexibility index (Phi) is 5.76. The van der Waals surface area contributed by atoms with Crippen LogP contribution < -0.4 is 11.1 Å². The van der Waals surface area contributed by atoms with Crippen LogP contribution in [0.15, 0.2) is 24.3 Å². The Morgan fingerprint density at radius 3 is 2.29 bits per heavy atom. The summed E-state index contributed by atoms with van der Waals surface area (Å²) in [6, 6.07) is 6.72. The summed E-state index contributed by atoms with van der Waals surface area (Å²) < 4.78 is 0. The average molecular weight is 292 g/mol. The highest BCUT2D eigenvalue weighted by molar-refractivity contribution is 5.79. The van der Waals surface area contributed by atoms with E-state index >= 15 is 0 Å².